The van der Waals surface area contributed by atoms with Crippen molar-refractivity contribution in [3.05, 3.63) is 75.7 Å². The molecule has 2 aromatic heterocycles. The van der Waals surface area contributed by atoms with Crippen LogP contribution in [-0.2, 0) is 0 Å². The van der Waals surface area contributed by atoms with Crippen LogP contribution in [0.15, 0.2) is 53.6 Å². The van der Waals surface area contributed by atoms with Crippen LogP contribution in [-0.4, -0.2) is 15.9 Å². The molecule has 5 heteroatoms. The zero-order chi connectivity index (χ0) is 17.6. The van der Waals surface area contributed by atoms with Gasteiger partial charge in [0.25, 0.3) is 5.91 Å². The summed E-state index contributed by atoms with van der Waals surface area (Å²) in [5.74, 6) is -0.419. The van der Waals surface area contributed by atoms with Gasteiger partial charge >= 0.3 is 0 Å². The van der Waals surface area contributed by atoms with Gasteiger partial charge in [-0.2, -0.15) is 0 Å². The molecule has 1 amide bonds. The lowest BCUT2D eigenvalue weighted by molar-refractivity contribution is 0.102. The smallest absolute Gasteiger partial charge is 0.261 e. The number of aryl methyl sites for hydroxylation is 2. The number of aromatic nitrogens is 2. The summed E-state index contributed by atoms with van der Waals surface area (Å²) in [6, 6.07) is 11.1. The molecule has 25 heavy (non-hydrogen) atoms. The molecule has 0 spiro atoms. The number of hydrogen-bond donors (Lipinski definition) is 3. The summed E-state index contributed by atoms with van der Waals surface area (Å²) in [5, 5.41) is 4.48. The van der Waals surface area contributed by atoms with Crippen molar-refractivity contribution in [3.8, 4) is 0 Å². The van der Waals surface area contributed by atoms with Gasteiger partial charge in [-0.05, 0) is 49.2 Å². The van der Waals surface area contributed by atoms with Gasteiger partial charge in [-0.1, -0.05) is 12.1 Å². The third-order valence-corrected chi connectivity index (χ3v) is 4.51. The lowest BCUT2D eigenvalue weighted by Crippen LogP contribution is -2.22. The Bertz CT molecular complexity index is 1180. The fraction of sp³-hybridized carbons (Fsp3) is 0.100. The van der Waals surface area contributed by atoms with Crippen LogP contribution in [0.2, 0.25) is 0 Å². The Morgan fingerprint density at radius 2 is 1.68 bits per heavy atom. The van der Waals surface area contributed by atoms with Crippen molar-refractivity contribution in [1.82, 2.24) is 9.97 Å². The molecule has 5 nitrogen and oxygen atoms in total. The number of anilines is 1. The minimum Gasteiger partial charge on any atom is -0.361 e. The minimum absolute atomic E-state index is 0.0980. The van der Waals surface area contributed by atoms with Gasteiger partial charge in [-0.15, -0.1) is 0 Å². The molecule has 2 aromatic carbocycles. The molecule has 0 fully saturated rings. The molecular formula is C20H17N3O2. The largest absolute Gasteiger partial charge is 0.361 e. The van der Waals surface area contributed by atoms with Crippen LogP contribution in [0.5, 0.6) is 0 Å². The average Bonchev–Trinajstić information content (AvgIpc) is 2.96. The Labute approximate surface area is 143 Å². The van der Waals surface area contributed by atoms with E-state index in [0.717, 1.165) is 22.0 Å². The van der Waals surface area contributed by atoms with E-state index in [1.54, 1.807) is 12.1 Å². The predicted molar refractivity (Wildman–Crippen MR) is 100 cm³/mol. The number of carbonyl (C=O) groups is 1. The lowest BCUT2D eigenvalue weighted by Gasteiger charge is -2.09. The second kappa shape index (κ2) is 5.63. The number of carbonyl (C=O) groups excluding carboxylic acids is 1. The van der Waals surface area contributed by atoms with Crippen LogP contribution >= 0.6 is 0 Å². The second-order valence-corrected chi connectivity index (χ2v) is 6.22. The first-order valence-corrected chi connectivity index (χ1v) is 8.04. The summed E-state index contributed by atoms with van der Waals surface area (Å²) in [6.45, 7) is 3.97. The van der Waals surface area contributed by atoms with E-state index in [2.05, 4.69) is 15.3 Å². The number of benzene rings is 2. The molecule has 3 N–H and O–H groups in total. The molecule has 124 valence electrons. The number of nitrogens with one attached hydrogen (secondary N) is 3. The van der Waals surface area contributed by atoms with E-state index in [4.69, 9.17) is 0 Å². The first-order valence-electron chi connectivity index (χ1n) is 8.04. The minimum atomic E-state index is -0.419. The number of para-hydroxylation sites is 1. The van der Waals surface area contributed by atoms with Crippen molar-refractivity contribution >= 4 is 33.4 Å². The van der Waals surface area contributed by atoms with Gasteiger partial charge in [-0.3, -0.25) is 9.59 Å². The topological polar surface area (TPSA) is 77.8 Å². The number of H-pyrrole nitrogens is 2. The molecule has 4 aromatic rings. The lowest BCUT2D eigenvalue weighted by atomic mass is 10.1. The van der Waals surface area contributed by atoms with E-state index in [1.807, 2.05) is 44.3 Å². The highest BCUT2D eigenvalue weighted by molar-refractivity contribution is 6.07. The average molecular weight is 331 g/mol. The standard InChI is InChI=1S/C20H17N3O2/c1-11-7-14-12(2)9-21-18(14)8-17(11)23-20(25)15-10-22-16-6-4-3-5-13(16)19(15)24/h3-10,21H,1-2H3,(H,22,24)(H,23,25). The molecule has 2 heterocycles. The summed E-state index contributed by atoms with van der Waals surface area (Å²) in [7, 11) is 0. The van der Waals surface area contributed by atoms with Crippen LogP contribution in [0.1, 0.15) is 21.5 Å². The molecule has 4 rings (SSSR count). The van der Waals surface area contributed by atoms with E-state index in [9.17, 15) is 9.59 Å². The van der Waals surface area contributed by atoms with E-state index in [0.29, 0.717) is 16.6 Å². The predicted octanol–water partition coefficient (Wildman–Crippen LogP) is 3.88. The van der Waals surface area contributed by atoms with Crippen molar-refractivity contribution < 1.29 is 4.79 Å². The van der Waals surface area contributed by atoms with Crippen molar-refractivity contribution in [3.63, 3.8) is 0 Å². The number of fused-ring (bicyclic) bond motifs is 2. The maximum Gasteiger partial charge on any atom is 0.261 e. The summed E-state index contributed by atoms with van der Waals surface area (Å²) < 4.78 is 0. The van der Waals surface area contributed by atoms with Crippen LogP contribution in [0.3, 0.4) is 0 Å². The molecule has 0 bridgehead atoms. The number of hydrogen-bond acceptors (Lipinski definition) is 2. The van der Waals surface area contributed by atoms with Crippen molar-refractivity contribution in [2.24, 2.45) is 0 Å². The summed E-state index contributed by atoms with van der Waals surface area (Å²) >= 11 is 0. The second-order valence-electron chi connectivity index (χ2n) is 6.22. The Balaban J connectivity index is 1.74. The number of pyridine rings is 1. The number of amides is 1. The van der Waals surface area contributed by atoms with Crippen LogP contribution in [0.25, 0.3) is 21.8 Å². The van der Waals surface area contributed by atoms with Gasteiger partial charge in [0.05, 0.1) is 0 Å². The molecular weight excluding hydrogens is 314 g/mol. The Morgan fingerprint density at radius 3 is 2.52 bits per heavy atom. The fourth-order valence-corrected chi connectivity index (χ4v) is 3.08. The van der Waals surface area contributed by atoms with E-state index in [1.165, 1.54) is 6.20 Å². The van der Waals surface area contributed by atoms with Gasteiger partial charge < -0.3 is 15.3 Å². The maximum absolute atomic E-state index is 12.6. The van der Waals surface area contributed by atoms with Crippen molar-refractivity contribution in [2.45, 2.75) is 13.8 Å². The monoisotopic (exact) mass is 331 g/mol. The highest BCUT2D eigenvalue weighted by Crippen LogP contribution is 2.25. The normalized spacial score (nSPS) is 11.1. The van der Waals surface area contributed by atoms with E-state index >= 15 is 0 Å². The van der Waals surface area contributed by atoms with Gasteiger partial charge in [-0.25, -0.2) is 0 Å². The zero-order valence-corrected chi connectivity index (χ0v) is 13.9. The SMILES string of the molecule is Cc1cc2c(C)c[nH]c2cc1NC(=O)c1c[nH]c2ccccc2c1=O. The van der Waals surface area contributed by atoms with Crippen molar-refractivity contribution in [1.29, 1.82) is 0 Å². The molecule has 0 saturated heterocycles. The molecule has 0 unspecified atom stereocenters. The molecule has 0 atom stereocenters. The molecule has 0 aliphatic heterocycles. The summed E-state index contributed by atoms with van der Waals surface area (Å²) in [5.41, 5.74) is 4.27. The molecule has 0 aliphatic rings. The zero-order valence-electron chi connectivity index (χ0n) is 13.9. The van der Waals surface area contributed by atoms with Crippen LogP contribution < -0.4 is 10.7 Å². The van der Waals surface area contributed by atoms with Gasteiger partial charge in [0, 0.05) is 39.9 Å². The van der Waals surface area contributed by atoms with Gasteiger partial charge in [0.1, 0.15) is 5.56 Å². The van der Waals surface area contributed by atoms with E-state index < -0.39 is 5.91 Å². The molecule has 0 saturated carbocycles. The first kappa shape index (κ1) is 15.2. The number of aromatic amines is 2. The van der Waals surface area contributed by atoms with Gasteiger partial charge in [0.15, 0.2) is 0 Å². The quantitative estimate of drug-likeness (QED) is 0.521. The highest BCUT2D eigenvalue weighted by Gasteiger charge is 2.14. The Hall–Kier alpha value is -3.34. The first-order chi connectivity index (χ1) is 12.0. The number of rotatable bonds is 2. The highest BCUT2D eigenvalue weighted by atomic mass is 16.2. The van der Waals surface area contributed by atoms with Crippen LogP contribution in [0, 0.1) is 13.8 Å². The molecule has 0 radical (unpaired) electrons. The summed E-state index contributed by atoms with van der Waals surface area (Å²) in [6.07, 6.45) is 3.40. The van der Waals surface area contributed by atoms with Gasteiger partial charge in [0.2, 0.25) is 5.43 Å². The Morgan fingerprint density at radius 1 is 0.920 bits per heavy atom. The molecule has 0 aliphatic carbocycles. The van der Waals surface area contributed by atoms with Crippen LogP contribution in [0.4, 0.5) is 5.69 Å². The maximum atomic E-state index is 12.6. The fourth-order valence-electron chi connectivity index (χ4n) is 3.08. The third kappa shape index (κ3) is 2.50. The summed E-state index contributed by atoms with van der Waals surface area (Å²) in [4.78, 5) is 31.4. The van der Waals surface area contributed by atoms with E-state index in [-0.39, 0.29) is 11.0 Å². The van der Waals surface area contributed by atoms with Crippen molar-refractivity contribution in [2.75, 3.05) is 5.32 Å². The Kier molecular flexibility index (Phi) is 3.42. The third-order valence-electron chi connectivity index (χ3n) is 4.51.